The summed E-state index contributed by atoms with van der Waals surface area (Å²) in [6.45, 7) is 11.7. The fourth-order valence-corrected chi connectivity index (χ4v) is 5.40. The number of nitrogens with zero attached hydrogens (tertiary/aromatic N) is 2. The van der Waals surface area contributed by atoms with Gasteiger partial charge >= 0.3 is 6.03 Å². The summed E-state index contributed by atoms with van der Waals surface area (Å²) in [4.78, 5) is 32.7. The first kappa shape index (κ1) is 32.7. The fourth-order valence-electron chi connectivity index (χ4n) is 5.40. The highest BCUT2D eigenvalue weighted by Crippen LogP contribution is 2.36. The van der Waals surface area contributed by atoms with E-state index in [9.17, 15) is 14.7 Å². The van der Waals surface area contributed by atoms with E-state index in [1.54, 1.807) is 10.8 Å². The second-order valence-electron chi connectivity index (χ2n) is 11.6. The number of aryl methyl sites for hydroxylation is 1. The number of aromatic nitrogens is 2. The van der Waals surface area contributed by atoms with Gasteiger partial charge in [-0.3, -0.25) is 9.36 Å². The molecule has 0 saturated carbocycles. The van der Waals surface area contributed by atoms with Gasteiger partial charge in [-0.15, -0.1) is 0 Å². The van der Waals surface area contributed by atoms with Crippen LogP contribution in [0.3, 0.4) is 0 Å². The molecule has 234 valence electrons. The molecule has 44 heavy (non-hydrogen) atoms. The van der Waals surface area contributed by atoms with Gasteiger partial charge in [0.1, 0.15) is 17.1 Å². The number of nitrogens with two attached hydrogens (primary N) is 1. The molecule has 0 fully saturated rings. The quantitative estimate of drug-likeness (QED) is 0.123. The molecule has 0 radical (unpaired) electrons. The summed E-state index contributed by atoms with van der Waals surface area (Å²) >= 11 is 0. The Morgan fingerprint density at radius 3 is 2.34 bits per heavy atom. The lowest BCUT2D eigenvalue weighted by Gasteiger charge is -2.23. The number of rotatable bonds is 13. The summed E-state index contributed by atoms with van der Waals surface area (Å²) < 4.78 is 7.50. The predicted molar refractivity (Wildman–Crippen MR) is 179 cm³/mol. The van der Waals surface area contributed by atoms with Crippen molar-refractivity contribution in [3.05, 3.63) is 81.8 Å². The molecule has 4 rings (SSSR count). The molecule has 0 spiro atoms. The zero-order chi connectivity index (χ0) is 31.8. The van der Waals surface area contributed by atoms with Gasteiger partial charge < -0.3 is 26.2 Å². The van der Waals surface area contributed by atoms with E-state index in [1.807, 2.05) is 48.5 Å². The highest BCUT2D eigenvalue weighted by Gasteiger charge is 2.23. The number of carbonyl (C=O) groups excluding carboxylic acids is 1. The van der Waals surface area contributed by atoms with E-state index >= 15 is 0 Å². The fraction of sp³-hybridized carbons (Fsp3) is 0.400. The molecule has 5 N–H and O–H groups in total. The smallest absolute Gasteiger partial charge is 0.323 e. The van der Waals surface area contributed by atoms with Gasteiger partial charge in [-0.25, -0.2) is 9.78 Å². The Hall–Kier alpha value is -4.21. The van der Waals surface area contributed by atoms with Crippen molar-refractivity contribution in [2.24, 2.45) is 5.73 Å². The van der Waals surface area contributed by atoms with E-state index in [-0.39, 0.29) is 29.7 Å². The minimum Gasteiger partial charge on any atom is -0.493 e. The van der Waals surface area contributed by atoms with Crippen LogP contribution < -0.4 is 26.7 Å². The molecule has 2 amide bonds. The third-order valence-electron chi connectivity index (χ3n) is 7.67. The van der Waals surface area contributed by atoms with Crippen molar-refractivity contribution >= 4 is 28.4 Å². The van der Waals surface area contributed by atoms with E-state index in [0.717, 1.165) is 40.6 Å². The Morgan fingerprint density at radius 2 is 1.70 bits per heavy atom. The molecule has 0 unspecified atom stereocenters. The maximum absolute atomic E-state index is 14.2. The Bertz CT molecular complexity index is 1630. The number of aliphatic hydroxyl groups excluding tert-OH is 1. The van der Waals surface area contributed by atoms with Gasteiger partial charge in [-0.05, 0) is 64.8 Å². The first-order chi connectivity index (χ1) is 21.2. The average Bonchev–Trinajstić information content (AvgIpc) is 3.01. The summed E-state index contributed by atoms with van der Waals surface area (Å²) in [6.07, 6.45) is 3.86. The van der Waals surface area contributed by atoms with Crippen LogP contribution in [0.1, 0.15) is 82.4 Å². The normalized spacial score (nSPS) is 11.4. The minimum absolute atomic E-state index is 0.0289. The number of urea groups is 1. The monoisotopic (exact) mass is 599 g/mol. The second kappa shape index (κ2) is 15.0. The van der Waals surface area contributed by atoms with E-state index in [1.165, 1.54) is 0 Å². The van der Waals surface area contributed by atoms with E-state index in [2.05, 4.69) is 50.2 Å². The largest absolute Gasteiger partial charge is 0.493 e. The molecule has 0 bridgehead atoms. The van der Waals surface area contributed by atoms with Crippen molar-refractivity contribution in [2.75, 3.05) is 23.8 Å². The Labute approximate surface area is 259 Å². The molecule has 0 aliphatic carbocycles. The maximum Gasteiger partial charge on any atom is 0.323 e. The second-order valence-corrected chi connectivity index (χ2v) is 11.6. The molecule has 4 aromatic rings. The molecule has 0 aliphatic rings. The van der Waals surface area contributed by atoms with Crippen molar-refractivity contribution in [3.8, 4) is 16.9 Å². The number of hydrogen-bond donors (Lipinski definition) is 4. The third kappa shape index (κ3) is 7.29. The summed E-state index contributed by atoms with van der Waals surface area (Å²) in [7, 11) is 0. The van der Waals surface area contributed by atoms with Gasteiger partial charge in [0.15, 0.2) is 0 Å². The lowest BCUT2D eigenvalue weighted by molar-refractivity contribution is 0.233. The SMILES string of the molecule is CCCCn1c(=O)c(NC(=O)Nc2c(C(C)C)cc(CN)cc2C(C)C)c(-c2cccc(OCCCO)c2)c2cccnc21. The number of nitrogens with one attached hydrogen (secondary N) is 2. The van der Waals surface area contributed by atoms with E-state index in [4.69, 9.17) is 10.5 Å². The highest BCUT2D eigenvalue weighted by atomic mass is 16.5. The number of fused-ring (bicyclic) bond motifs is 1. The molecule has 9 nitrogen and oxygen atoms in total. The third-order valence-corrected chi connectivity index (χ3v) is 7.67. The molecular formula is C35H45N5O4. The Kier molecular flexibility index (Phi) is 11.1. The van der Waals surface area contributed by atoms with Crippen molar-refractivity contribution in [3.63, 3.8) is 0 Å². The molecule has 0 aliphatic heterocycles. The lowest BCUT2D eigenvalue weighted by atomic mass is 9.90. The van der Waals surface area contributed by atoms with Gasteiger partial charge in [0, 0.05) is 49.0 Å². The van der Waals surface area contributed by atoms with Crippen molar-refractivity contribution < 1.29 is 14.6 Å². The topological polar surface area (TPSA) is 132 Å². The van der Waals surface area contributed by atoms with Crippen LogP contribution >= 0.6 is 0 Å². The number of ether oxygens (including phenoxy) is 1. The molecule has 0 atom stereocenters. The van der Waals surface area contributed by atoms with Crippen LogP contribution in [0.4, 0.5) is 16.2 Å². The standard InChI is InChI=1S/C35H45N5O4/c1-6-7-15-40-33-27(13-9-14-37-33)30(25-11-8-12-26(20-25)44-17-10-16-41)32(34(40)42)39-35(43)38-31-28(22(2)3)18-24(21-36)19-29(31)23(4)5/h8-9,11-14,18-20,22-23,41H,6-7,10,15-17,21,36H2,1-5H3,(H2,38,39,43). The first-order valence-electron chi connectivity index (χ1n) is 15.5. The minimum atomic E-state index is -0.506. The first-order valence-corrected chi connectivity index (χ1v) is 15.5. The van der Waals surface area contributed by atoms with Gasteiger partial charge in [-0.1, -0.05) is 65.3 Å². The van der Waals surface area contributed by atoms with Crippen LogP contribution in [0.5, 0.6) is 5.75 Å². The summed E-state index contributed by atoms with van der Waals surface area (Å²) in [6, 6.07) is 14.7. The van der Waals surface area contributed by atoms with Crippen molar-refractivity contribution in [1.82, 2.24) is 9.55 Å². The van der Waals surface area contributed by atoms with E-state index < -0.39 is 6.03 Å². The molecule has 0 saturated heterocycles. The number of aliphatic hydroxyl groups is 1. The van der Waals surface area contributed by atoms with Gasteiger partial charge in [-0.2, -0.15) is 0 Å². The summed E-state index contributed by atoms with van der Waals surface area (Å²) in [5.41, 5.74) is 11.4. The number of unbranched alkanes of at least 4 members (excludes halogenated alkanes) is 1. The number of hydrogen-bond acceptors (Lipinski definition) is 6. The zero-order valence-electron chi connectivity index (χ0n) is 26.4. The molecule has 2 aromatic carbocycles. The van der Waals surface area contributed by atoms with Gasteiger partial charge in [0.05, 0.1) is 6.61 Å². The molecular weight excluding hydrogens is 554 g/mol. The van der Waals surface area contributed by atoms with Crippen molar-refractivity contribution in [2.45, 2.75) is 78.8 Å². The zero-order valence-corrected chi connectivity index (χ0v) is 26.4. The molecule has 9 heteroatoms. The van der Waals surface area contributed by atoms with Crippen LogP contribution in [0.2, 0.25) is 0 Å². The van der Waals surface area contributed by atoms with Crippen LogP contribution in [0.15, 0.2) is 59.5 Å². The predicted octanol–water partition coefficient (Wildman–Crippen LogP) is 6.97. The van der Waals surface area contributed by atoms with E-state index in [0.29, 0.717) is 48.6 Å². The van der Waals surface area contributed by atoms with Crippen molar-refractivity contribution in [1.29, 1.82) is 0 Å². The van der Waals surface area contributed by atoms with Gasteiger partial charge in [0.2, 0.25) is 0 Å². The lowest BCUT2D eigenvalue weighted by Crippen LogP contribution is -2.30. The average molecular weight is 600 g/mol. The van der Waals surface area contributed by atoms with Crippen LogP contribution in [-0.2, 0) is 13.1 Å². The molecule has 2 aromatic heterocycles. The maximum atomic E-state index is 14.2. The van der Waals surface area contributed by atoms with Crippen LogP contribution in [0.25, 0.3) is 22.2 Å². The number of pyridine rings is 2. The van der Waals surface area contributed by atoms with Crippen LogP contribution in [-0.4, -0.2) is 33.9 Å². The number of benzene rings is 2. The summed E-state index contributed by atoms with van der Waals surface area (Å²) in [5.74, 6) is 0.870. The van der Waals surface area contributed by atoms with Gasteiger partial charge in [0.25, 0.3) is 5.56 Å². The van der Waals surface area contributed by atoms with Crippen LogP contribution in [0, 0.1) is 0 Å². The number of amides is 2. The Balaban J connectivity index is 1.87. The number of carbonyl (C=O) groups is 1. The number of anilines is 2. The Morgan fingerprint density at radius 1 is 1.00 bits per heavy atom. The highest BCUT2D eigenvalue weighted by molar-refractivity contribution is 6.07. The summed E-state index contributed by atoms with van der Waals surface area (Å²) in [5, 5.41) is 16.0. The molecule has 2 heterocycles.